The van der Waals surface area contributed by atoms with Gasteiger partial charge in [0, 0.05) is 24.2 Å². The van der Waals surface area contributed by atoms with Crippen molar-refractivity contribution >= 4 is 28.4 Å². The molecule has 0 unspecified atom stereocenters. The molecule has 6 heteroatoms. The maximum Gasteiger partial charge on any atom is 0.376 e. The van der Waals surface area contributed by atoms with Crippen molar-refractivity contribution in [3.63, 3.8) is 0 Å². The van der Waals surface area contributed by atoms with Crippen molar-refractivity contribution in [3.8, 4) is 0 Å². The van der Waals surface area contributed by atoms with Crippen molar-refractivity contribution in [1.29, 1.82) is 0 Å². The van der Waals surface area contributed by atoms with E-state index in [4.69, 9.17) is 5.11 Å². The highest BCUT2D eigenvalue weighted by Gasteiger charge is 2.15. The third-order valence-corrected chi connectivity index (χ3v) is 3.94. The van der Waals surface area contributed by atoms with Crippen molar-refractivity contribution in [2.75, 3.05) is 0 Å². The second kappa shape index (κ2) is 7.06. The van der Waals surface area contributed by atoms with Crippen LogP contribution >= 0.6 is 0 Å². The zero-order valence-corrected chi connectivity index (χ0v) is 13.6. The Morgan fingerprint density at radius 1 is 0.962 bits per heavy atom. The Morgan fingerprint density at radius 2 is 1.62 bits per heavy atom. The number of hydrogen-bond acceptors (Lipinski definition) is 4. The number of hydrogen-bond donors (Lipinski definition) is 2. The molecule has 0 atom stereocenters. The number of carboxylic acids is 1. The van der Waals surface area contributed by atoms with E-state index in [2.05, 4.69) is 0 Å². The van der Waals surface area contributed by atoms with E-state index in [1.54, 1.807) is 28.8 Å². The lowest BCUT2D eigenvalue weighted by Gasteiger charge is -2.13. The highest BCUT2D eigenvalue weighted by atomic mass is 16.4. The number of aliphatic carboxylic acids is 1. The predicted molar refractivity (Wildman–Crippen MR) is 97.0 cm³/mol. The van der Waals surface area contributed by atoms with Crippen LogP contribution in [0.4, 0.5) is 0 Å². The number of benzene rings is 2. The number of nitrogens with zero attached hydrogens (tertiary/aromatic N) is 1. The molecular weight excluding hydrogens is 334 g/mol. The molecule has 0 fully saturated rings. The third kappa shape index (κ3) is 3.39. The van der Waals surface area contributed by atoms with Gasteiger partial charge in [-0.2, -0.15) is 0 Å². The Labute approximate surface area is 148 Å². The van der Waals surface area contributed by atoms with Crippen LogP contribution in [0.3, 0.4) is 0 Å². The summed E-state index contributed by atoms with van der Waals surface area (Å²) in [6.07, 6.45) is 1.97. The average Bonchev–Trinajstić information content (AvgIpc) is 2.64. The average molecular weight is 349 g/mol. The van der Waals surface area contributed by atoms with Gasteiger partial charge in [-0.25, -0.2) is 4.79 Å². The second-order valence-corrected chi connectivity index (χ2v) is 5.70. The van der Waals surface area contributed by atoms with Crippen LogP contribution in [0.2, 0.25) is 0 Å². The molecule has 0 saturated heterocycles. The van der Waals surface area contributed by atoms with Gasteiger partial charge in [-0.15, -0.1) is 0 Å². The number of carbonyl (C=O) groups is 2. The Balaban J connectivity index is 2.19. The van der Waals surface area contributed by atoms with E-state index >= 15 is 0 Å². The van der Waals surface area contributed by atoms with Crippen LogP contribution in [0.5, 0.6) is 0 Å². The summed E-state index contributed by atoms with van der Waals surface area (Å²) in [5, 5.41) is 19.2. The molecule has 3 rings (SSSR count). The largest absolute Gasteiger partial charge is 0.507 e. The zero-order chi connectivity index (χ0) is 18.7. The number of carboxylic acid groups (broad SMARTS) is 1. The molecule has 0 bridgehead atoms. The number of para-hydroxylation sites is 1. The summed E-state index contributed by atoms with van der Waals surface area (Å²) < 4.78 is 1.77. The van der Waals surface area contributed by atoms with Crippen LogP contribution in [0.15, 0.2) is 71.7 Å². The van der Waals surface area contributed by atoms with Crippen LogP contribution in [0, 0.1) is 0 Å². The number of aromatic nitrogens is 1. The summed E-state index contributed by atoms with van der Waals surface area (Å²) in [5.41, 5.74) is 1.05. The Morgan fingerprint density at radius 3 is 2.31 bits per heavy atom. The first-order valence-electron chi connectivity index (χ1n) is 7.82. The SMILES string of the molecule is O=C(O)C(=O)C=C(O)c1cn(Cc2ccccc2)c2ccccc2c1=O. The molecule has 2 aromatic carbocycles. The summed E-state index contributed by atoms with van der Waals surface area (Å²) in [6, 6.07) is 16.4. The number of aliphatic hydroxyl groups is 1. The van der Waals surface area contributed by atoms with Crippen molar-refractivity contribution in [2.45, 2.75) is 6.54 Å². The maximum atomic E-state index is 12.7. The van der Waals surface area contributed by atoms with Gasteiger partial charge in [0.25, 0.3) is 5.78 Å². The minimum atomic E-state index is -1.71. The van der Waals surface area contributed by atoms with Crippen LogP contribution in [-0.2, 0) is 16.1 Å². The molecule has 1 aromatic heterocycles. The molecule has 6 nitrogen and oxygen atoms in total. The number of aliphatic hydroxyl groups excluding tert-OH is 1. The third-order valence-electron chi connectivity index (χ3n) is 3.94. The minimum Gasteiger partial charge on any atom is -0.507 e. The lowest BCUT2D eigenvalue weighted by molar-refractivity contribution is -0.146. The number of rotatable bonds is 5. The standard InChI is InChI=1S/C20H15NO5/c22-17(10-18(23)20(25)26)15-12-21(11-13-6-2-1-3-7-13)16-9-5-4-8-14(16)19(15)24/h1-10,12,22H,11H2,(H,25,26). The Kier molecular flexibility index (Phi) is 4.66. The normalized spacial score (nSPS) is 11.5. The van der Waals surface area contributed by atoms with Gasteiger partial charge in [0.2, 0.25) is 0 Å². The quantitative estimate of drug-likeness (QED) is 0.419. The van der Waals surface area contributed by atoms with E-state index in [-0.39, 0.29) is 5.56 Å². The molecule has 130 valence electrons. The smallest absolute Gasteiger partial charge is 0.376 e. The fourth-order valence-corrected chi connectivity index (χ4v) is 2.70. The Bertz CT molecular complexity index is 1080. The molecule has 0 aliphatic carbocycles. The molecule has 2 N–H and O–H groups in total. The topological polar surface area (TPSA) is 96.6 Å². The van der Waals surface area contributed by atoms with Crippen molar-refractivity contribution in [3.05, 3.63) is 88.2 Å². The summed E-state index contributed by atoms with van der Waals surface area (Å²) in [5.74, 6) is -3.68. The number of carbonyl (C=O) groups excluding carboxylic acids is 1. The summed E-state index contributed by atoms with van der Waals surface area (Å²) in [7, 11) is 0. The van der Waals surface area contributed by atoms with Gasteiger partial charge in [-0.05, 0) is 17.7 Å². The van der Waals surface area contributed by atoms with Crippen molar-refractivity contribution in [2.24, 2.45) is 0 Å². The summed E-state index contributed by atoms with van der Waals surface area (Å²) in [4.78, 5) is 34.7. The highest BCUT2D eigenvalue weighted by molar-refractivity contribution is 6.38. The minimum absolute atomic E-state index is 0.130. The molecule has 1 heterocycles. The first kappa shape index (κ1) is 17.2. The van der Waals surface area contributed by atoms with Gasteiger partial charge < -0.3 is 14.8 Å². The van der Waals surface area contributed by atoms with E-state index in [1.807, 2.05) is 30.3 Å². The molecule has 0 amide bonds. The van der Waals surface area contributed by atoms with Crippen molar-refractivity contribution < 1.29 is 19.8 Å². The zero-order valence-electron chi connectivity index (χ0n) is 13.6. The summed E-state index contributed by atoms with van der Waals surface area (Å²) >= 11 is 0. The van der Waals surface area contributed by atoms with Gasteiger partial charge in [0.1, 0.15) is 5.76 Å². The van der Waals surface area contributed by atoms with Gasteiger partial charge in [-0.3, -0.25) is 9.59 Å². The fourth-order valence-electron chi connectivity index (χ4n) is 2.70. The van der Waals surface area contributed by atoms with Gasteiger partial charge in [0.15, 0.2) is 5.43 Å². The molecule has 0 spiro atoms. The highest BCUT2D eigenvalue weighted by Crippen LogP contribution is 2.17. The first-order chi connectivity index (χ1) is 12.5. The van der Waals surface area contributed by atoms with Crippen LogP contribution in [0.25, 0.3) is 16.7 Å². The molecule has 0 aliphatic heterocycles. The number of fused-ring (bicyclic) bond motifs is 1. The molecule has 3 aromatic rings. The van der Waals surface area contributed by atoms with Crippen molar-refractivity contribution in [1.82, 2.24) is 4.57 Å². The predicted octanol–water partition coefficient (Wildman–Crippen LogP) is 2.60. The molecule has 0 aliphatic rings. The summed E-state index contributed by atoms with van der Waals surface area (Å²) in [6.45, 7) is 0.439. The molecular formula is C20H15NO5. The molecule has 26 heavy (non-hydrogen) atoms. The first-order valence-corrected chi connectivity index (χ1v) is 7.82. The van der Waals surface area contributed by atoms with E-state index in [0.29, 0.717) is 23.5 Å². The fraction of sp³-hybridized carbons (Fsp3) is 0.0500. The van der Waals surface area contributed by atoms with E-state index in [0.717, 1.165) is 5.56 Å². The number of pyridine rings is 1. The molecule has 0 saturated carbocycles. The molecule has 0 radical (unpaired) electrons. The van der Waals surface area contributed by atoms with Crippen LogP contribution in [0.1, 0.15) is 11.1 Å². The van der Waals surface area contributed by atoms with E-state index in [1.165, 1.54) is 6.20 Å². The number of ketones is 1. The lowest BCUT2D eigenvalue weighted by Crippen LogP contribution is -2.16. The van der Waals surface area contributed by atoms with E-state index < -0.39 is 22.9 Å². The lowest BCUT2D eigenvalue weighted by atomic mass is 10.1. The van der Waals surface area contributed by atoms with E-state index in [9.17, 15) is 19.5 Å². The van der Waals surface area contributed by atoms with Gasteiger partial charge >= 0.3 is 5.97 Å². The van der Waals surface area contributed by atoms with Crippen LogP contribution < -0.4 is 5.43 Å². The van der Waals surface area contributed by atoms with Gasteiger partial charge in [-0.1, -0.05) is 42.5 Å². The van der Waals surface area contributed by atoms with Gasteiger partial charge in [0.05, 0.1) is 11.1 Å². The Hall–Kier alpha value is -3.67. The maximum absolute atomic E-state index is 12.7. The van der Waals surface area contributed by atoms with Crippen LogP contribution in [-0.4, -0.2) is 26.5 Å². The second-order valence-electron chi connectivity index (χ2n) is 5.70. The monoisotopic (exact) mass is 349 g/mol.